The van der Waals surface area contributed by atoms with Crippen LogP contribution in [-0.2, 0) is 0 Å². The molecule has 0 unspecified atom stereocenters. The average molecular weight is 259 g/mol. The second-order valence-electron chi connectivity index (χ2n) is 4.09. The van der Waals surface area contributed by atoms with Crippen molar-refractivity contribution < 1.29 is 9.18 Å². The number of anilines is 2. The monoisotopic (exact) mass is 259 g/mol. The van der Waals surface area contributed by atoms with Gasteiger partial charge in [-0.1, -0.05) is 6.07 Å². The molecular formula is C14H14FN3O. The van der Waals surface area contributed by atoms with Gasteiger partial charge in [0.2, 0.25) is 0 Å². The van der Waals surface area contributed by atoms with E-state index < -0.39 is 11.7 Å². The van der Waals surface area contributed by atoms with Crippen molar-refractivity contribution in [3.8, 4) is 0 Å². The number of benzene rings is 1. The number of hydrogen-bond acceptors (Lipinski definition) is 3. The number of carbonyl (C=O) groups excluding carboxylic acids is 1. The molecule has 1 aromatic carbocycles. The summed E-state index contributed by atoms with van der Waals surface area (Å²) in [6.07, 6.45) is 1.58. The van der Waals surface area contributed by atoms with Gasteiger partial charge in [-0.05, 0) is 36.8 Å². The lowest BCUT2D eigenvalue weighted by atomic mass is 10.2. The van der Waals surface area contributed by atoms with Crippen molar-refractivity contribution in [2.45, 2.75) is 6.92 Å². The van der Waals surface area contributed by atoms with Crippen LogP contribution in [0.3, 0.4) is 0 Å². The van der Waals surface area contributed by atoms with Crippen LogP contribution in [0.1, 0.15) is 15.9 Å². The van der Waals surface area contributed by atoms with Crippen molar-refractivity contribution >= 4 is 17.4 Å². The predicted octanol–water partition coefficient (Wildman–Crippen LogP) is 2.82. The maximum Gasteiger partial charge on any atom is 0.259 e. The smallest absolute Gasteiger partial charge is 0.259 e. The molecule has 5 heteroatoms. The Morgan fingerprint density at radius 2 is 2.11 bits per heavy atom. The van der Waals surface area contributed by atoms with E-state index in [2.05, 4.69) is 15.6 Å². The first-order chi connectivity index (χ1) is 9.11. The van der Waals surface area contributed by atoms with Crippen molar-refractivity contribution in [3.63, 3.8) is 0 Å². The molecule has 0 saturated heterocycles. The molecule has 2 N–H and O–H groups in total. The molecule has 1 amide bonds. The highest BCUT2D eigenvalue weighted by molar-refractivity contribution is 6.07. The lowest BCUT2D eigenvalue weighted by Crippen LogP contribution is -2.15. The van der Waals surface area contributed by atoms with Gasteiger partial charge in [0, 0.05) is 13.2 Å². The molecule has 1 aromatic heterocycles. The number of hydrogen-bond donors (Lipinski definition) is 2. The Labute approximate surface area is 110 Å². The molecule has 0 saturated carbocycles. The number of nitrogens with one attached hydrogen (secondary N) is 2. The Morgan fingerprint density at radius 1 is 1.32 bits per heavy atom. The summed E-state index contributed by atoms with van der Waals surface area (Å²) in [5.74, 6) is -0.413. The number of carbonyl (C=O) groups is 1. The maximum atomic E-state index is 13.6. The normalized spacial score (nSPS) is 10.1. The van der Waals surface area contributed by atoms with Crippen LogP contribution in [0.25, 0.3) is 0 Å². The summed E-state index contributed by atoms with van der Waals surface area (Å²) in [6.45, 7) is 1.83. The van der Waals surface area contributed by atoms with Crippen LogP contribution in [-0.4, -0.2) is 17.9 Å². The predicted molar refractivity (Wildman–Crippen MR) is 72.9 cm³/mol. The Morgan fingerprint density at radius 3 is 2.84 bits per heavy atom. The van der Waals surface area contributed by atoms with E-state index in [-0.39, 0.29) is 5.69 Å². The van der Waals surface area contributed by atoms with E-state index >= 15 is 0 Å². The molecule has 2 aromatic rings. The van der Waals surface area contributed by atoms with E-state index in [0.717, 1.165) is 5.56 Å². The molecule has 1 heterocycles. The average Bonchev–Trinajstić information content (AvgIpc) is 2.42. The highest BCUT2D eigenvalue weighted by Gasteiger charge is 2.13. The molecule has 0 spiro atoms. The summed E-state index contributed by atoms with van der Waals surface area (Å²) < 4.78 is 13.6. The molecule has 0 aliphatic heterocycles. The number of aromatic nitrogens is 1. The van der Waals surface area contributed by atoms with Gasteiger partial charge in [0.15, 0.2) is 0 Å². The van der Waals surface area contributed by atoms with Crippen molar-refractivity contribution in [2.75, 3.05) is 17.7 Å². The molecule has 4 nitrogen and oxygen atoms in total. The van der Waals surface area contributed by atoms with Crippen molar-refractivity contribution in [1.29, 1.82) is 0 Å². The minimum absolute atomic E-state index is 0.163. The number of rotatable bonds is 3. The SMILES string of the molecule is CNc1ncccc1C(=O)Nc1cc(C)ccc1F. The van der Waals surface area contributed by atoms with Crippen LogP contribution in [0.2, 0.25) is 0 Å². The standard InChI is InChI=1S/C14H14FN3O/c1-9-5-6-11(15)12(8-9)18-14(19)10-4-3-7-17-13(10)16-2/h3-8H,1-2H3,(H,16,17)(H,18,19). The van der Waals surface area contributed by atoms with Gasteiger partial charge in [0.1, 0.15) is 11.6 Å². The molecule has 0 bridgehead atoms. The summed E-state index contributed by atoms with van der Waals surface area (Å²) in [6, 6.07) is 7.84. The molecule has 0 fully saturated rings. The Kier molecular flexibility index (Phi) is 3.75. The summed E-state index contributed by atoms with van der Waals surface area (Å²) >= 11 is 0. The van der Waals surface area contributed by atoms with E-state index in [1.54, 1.807) is 37.5 Å². The minimum atomic E-state index is -0.464. The fraction of sp³-hybridized carbons (Fsp3) is 0.143. The summed E-state index contributed by atoms with van der Waals surface area (Å²) in [7, 11) is 1.67. The molecule has 19 heavy (non-hydrogen) atoms. The van der Waals surface area contributed by atoms with E-state index in [9.17, 15) is 9.18 Å². The lowest BCUT2D eigenvalue weighted by molar-refractivity contribution is 0.102. The molecule has 0 radical (unpaired) electrons. The second kappa shape index (κ2) is 5.48. The molecule has 0 atom stereocenters. The quantitative estimate of drug-likeness (QED) is 0.891. The molecule has 0 aliphatic rings. The van der Waals surface area contributed by atoms with Crippen LogP contribution in [0, 0.1) is 12.7 Å². The number of pyridine rings is 1. The topological polar surface area (TPSA) is 54.0 Å². The third-order valence-electron chi connectivity index (χ3n) is 2.66. The van der Waals surface area contributed by atoms with E-state index in [4.69, 9.17) is 0 Å². The van der Waals surface area contributed by atoms with Gasteiger partial charge in [-0.15, -0.1) is 0 Å². The molecule has 2 rings (SSSR count). The third kappa shape index (κ3) is 2.88. The Balaban J connectivity index is 2.28. The van der Waals surface area contributed by atoms with Crippen LogP contribution in [0.15, 0.2) is 36.5 Å². The van der Waals surface area contributed by atoms with Crippen molar-refractivity contribution in [1.82, 2.24) is 4.98 Å². The number of nitrogens with zero attached hydrogens (tertiary/aromatic N) is 1. The minimum Gasteiger partial charge on any atom is -0.372 e. The zero-order chi connectivity index (χ0) is 13.8. The first-order valence-corrected chi connectivity index (χ1v) is 5.82. The molecular weight excluding hydrogens is 245 g/mol. The highest BCUT2D eigenvalue weighted by atomic mass is 19.1. The summed E-state index contributed by atoms with van der Waals surface area (Å²) in [4.78, 5) is 16.1. The Bertz CT molecular complexity index is 613. The zero-order valence-electron chi connectivity index (χ0n) is 10.7. The number of aryl methyl sites for hydroxylation is 1. The lowest BCUT2D eigenvalue weighted by Gasteiger charge is -2.10. The Hall–Kier alpha value is -2.43. The maximum absolute atomic E-state index is 13.6. The fourth-order valence-corrected chi connectivity index (χ4v) is 1.71. The van der Waals surface area contributed by atoms with Gasteiger partial charge in [0.25, 0.3) is 5.91 Å². The van der Waals surface area contributed by atoms with Gasteiger partial charge >= 0.3 is 0 Å². The van der Waals surface area contributed by atoms with Gasteiger partial charge in [-0.25, -0.2) is 9.37 Å². The van der Waals surface area contributed by atoms with Gasteiger partial charge < -0.3 is 10.6 Å². The largest absolute Gasteiger partial charge is 0.372 e. The first kappa shape index (κ1) is 13.0. The molecule has 98 valence electrons. The molecule has 0 aliphatic carbocycles. The van der Waals surface area contributed by atoms with Crippen LogP contribution in [0.4, 0.5) is 15.9 Å². The fourth-order valence-electron chi connectivity index (χ4n) is 1.71. The van der Waals surface area contributed by atoms with E-state index in [0.29, 0.717) is 11.4 Å². The number of amides is 1. The van der Waals surface area contributed by atoms with Gasteiger partial charge in [0.05, 0.1) is 11.3 Å². The number of halogens is 1. The van der Waals surface area contributed by atoms with Crippen LogP contribution >= 0.6 is 0 Å². The second-order valence-corrected chi connectivity index (χ2v) is 4.09. The van der Waals surface area contributed by atoms with Gasteiger partial charge in [-0.2, -0.15) is 0 Å². The van der Waals surface area contributed by atoms with E-state index in [1.807, 2.05) is 6.92 Å². The highest BCUT2D eigenvalue weighted by Crippen LogP contribution is 2.18. The van der Waals surface area contributed by atoms with Crippen molar-refractivity contribution in [3.05, 3.63) is 53.5 Å². The van der Waals surface area contributed by atoms with Crippen LogP contribution < -0.4 is 10.6 Å². The van der Waals surface area contributed by atoms with Crippen molar-refractivity contribution in [2.24, 2.45) is 0 Å². The first-order valence-electron chi connectivity index (χ1n) is 5.82. The van der Waals surface area contributed by atoms with Gasteiger partial charge in [-0.3, -0.25) is 4.79 Å². The van der Waals surface area contributed by atoms with E-state index in [1.165, 1.54) is 6.07 Å². The van der Waals surface area contributed by atoms with Crippen LogP contribution in [0.5, 0.6) is 0 Å². The zero-order valence-corrected chi connectivity index (χ0v) is 10.7. The summed E-state index contributed by atoms with van der Waals surface area (Å²) in [5, 5.41) is 5.37. The third-order valence-corrected chi connectivity index (χ3v) is 2.66. The summed E-state index contributed by atoms with van der Waals surface area (Å²) in [5.41, 5.74) is 1.40.